The van der Waals surface area contributed by atoms with Crippen molar-refractivity contribution in [1.82, 2.24) is 29.1 Å². The Morgan fingerprint density at radius 1 is 1.07 bits per heavy atom. The molecule has 10 heteroatoms. The van der Waals surface area contributed by atoms with Crippen LogP contribution in [0.25, 0.3) is 28.4 Å². The lowest BCUT2D eigenvalue weighted by Gasteiger charge is -2.10. The Morgan fingerprint density at radius 3 is 2.62 bits per heavy atom. The Bertz CT molecular complexity index is 1280. The lowest BCUT2D eigenvalue weighted by Crippen LogP contribution is -2.08. The molecule has 0 amide bonds. The van der Waals surface area contributed by atoms with Crippen molar-refractivity contribution < 1.29 is 13.2 Å². The summed E-state index contributed by atoms with van der Waals surface area (Å²) in [5.74, 6) is 0. The molecule has 144 valence electrons. The van der Waals surface area contributed by atoms with E-state index in [4.69, 9.17) is 0 Å². The molecule has 1 aliphatic carbocycles. The molecule has 4 heterocycles. The van der Waals surface area contributed by atoms with Crippen LogP contribution in [0.4, 0.5) is 13.2 Å². The van der Waals surface area contributed by atoms with Crippen molar-refractivity contribution in [2.45, 2.75) is 25.1 Å². The van der Waals surface area contributed by atoms with Gasteiger partial charge in [-0.25, -0.2) is 19.5 Å². The highest BCUT2D eigenvalue weighted by atomic mass is 19.4. The van der Waals surface area contributed by atoms with E-state index in [1.54, 1.807) is 18.5 Å². The molecule has 0 spiro atoms. The fourth-order valence-corrected chi connectivity index (χ4v) is 3.23. The zero-order chi connectivity index (χ0) is 20.2. The summed E-state index contributed by atoms with van der Waals surface area (Å²) in [6.07, 6.45) is 0.380. The van der Waals surface area contributed by atoms with Crippen LogP contribution in [0.3, 0.4) is 0 Å². The second kappa shape index (κ2) is 6.13. The standard InChI is InChI=1S/C19H12F3N7/c20-19(21,22)15-3-1-2-13(26-15)17-18(28(10-25-17)11-4-5-11)14-6-7-16-24-9-12(8-23)29(16)27-14/h1-3,6-7,9-11H,4-5H2. The van der Waals surface area contributed by atoms with Crippen molar-refractivity contribution in [2.75, 3.05) is 0 Å². The summed E-state index contributed by atoms with van der Waals surface area (Å²) in [5, 5.41) is 13.8. The van der Waals surface area contributed by atoms with Crippen molar-refractivity contribution in [3.05, 3.63) is 54.2 Å². The summed E-state index contributed by atoms with van der Waals surface area (Å²) in [7, 11) is 0. The van der Waals surface area contributed by atoms with Gasteiger partial charge in [0, 0.05) is 6.04 Å². The molecule has 29 heavy (non-hydrogen) atoms. The molecule has 0 unspecified atom stereocenters. The molecule has 4 aromatic rings. The molecule has 0 N–H and O–H groups in total. The third-order valence-electron chi connectivity index (χ3n) is 4.74. The number of pyridine rings is 1. The van der Waals surface area contributed by atoms with Gasteiger partial charge in [0.25, 0.3) is 0 Å². The maximum absolute atomic E-state index is 13.1. The topological polar surface area (TPSA) is 84.7 Å². The maximum Gasteiger partial charge on any atom is 0.433 e. The van der Waals surface area contributed by atoms with Gasteiger partial charge in [-0.1, -0.05) is 6.07 Å². The van der Waals surface area contributed by atoms with E-state index in [1.165, 1.54) is 22.8 Å². The SMILES string of the molecule is N#Cc1cnc2ccc(-c3c(-c4cccc(C(F)(F)F)n4)ncn3C3CC3)nn12. The van der Waals surface area contributed by atoms with Gasteiger partial charge in [-0.2, -0.15) is 23.5 Å². The van der Waals surface area contributed by atoms with Gasteiger partial charge in [0.2, 0.25) is 0 Å². The van der Waals surface area contributed by atoms with Crippen LogP contribution in [0.1, 0.15) is 30.3 Å². The number of hydrogen-bond donors (Lipinski definition) is 0. The number of rotatable bonds is 3. The Kier molecular flexibility index (Phi) is 3.67. The first-order valence-corrected chi connectivity index (χ1v) is 8.82. The molecule has 0 atom stereocenters. The highest BCUT2D eigenvalue weighted by Gasteiger charge is 2.34. The highest BCUT2D eigenvalue weighted by Crippen LogP contribution is 2.41. The first-order valence-electron chi connectivity index (χ1n) is 8.82. The summed E-state index contributed by atoms with van der Waals surface area (Å²) in [4.78, 5) is 12.3. The zero-order valence-electron chi connectivity index (χ0n) is 14.8. The number of hydrogen-bond acceptors (Lipinski definition) is 5. The summed E-state index contributed by atoms with van der Waals surface area (Å²) in [6.45, 7) is 0. The fraction of sp³-hybridized carbons (Fsp3) is 0.211. The van der Waals surface area contributed by atoms with Crippen LogP contribution >= 0.6 is 0 Å². The number of imidazole rings is 2. The van der Waals surface area contributed by atoms with E-state index in [1.807, 2.05) is 10.6 Å². The summed E-state index contributed by atoms with van der Waals surface area (Å²) < 4.78 is 42.7. The predicted molar refractivity (Wildman–Crippen MR) is 95.4 cm³/mol. The van der Waals surface area contributed by atoms with Gasteiger partial charge in [0.05, 0.1) is 23.9 Å². The second-order valence-corrected chi connectivity index (χ2v) is 6.73. The quantitative estimate of drug-likeness (QED) is 0.526. The number of halogens is 3. The lowest BCUT2D eigenvalue weighted by molar-refractivity contribution is -0.141. The Morgan fingerprint density at radius 2 is 1.90 bits per heavy atom. The van der Waals surface area contributed by atoms with E-state index in [2.05, 4.69) is 20.1 Å². The van der Waals surface area contributed by atoms with Gasteiger partial charge in [-0.15, -0.1) is 0 Å². The molecule has 7 nitrogen and oxygen atoms in total. The van der Waals surface area contributed by atoms with Crippen LogP contribution in [0, 0.1) is 11.3 Å². The van der Waals surface area contributed by atoms with Crippen molar-refractivity contribution in [3.8, 4) is 28.8 Å². The van der Waals surface area contributed by atoms with Gasteiger partial charge in [0.1, 0.15) is 23.2 Å². The molecule has 1 aliphatic rings. The number of fused-ring (bicyclic) bond motifs is 1. The summed E-state index contributed by atoms with van der Waals surface area (Å²) in [6, 6.07) is 9.39. The average molecular weight is 395 g/mol. The number of nitrogens with zero attached hydrogens (tertiary/aromatic N) is 7. The Hall–Kier alpha value is -3.74. The van der Waals surface area contributed by atoms with Crippen molar-refractivity contribution in [2.24, 2.45) is 0 Å². The molecular weight excluding hydrogens is 383 g/mol. The maximum atomic E-state index is 13.1. The molecule has 0 radical (unpaired) electrons. The predicted octanol–water partition coefficient (Wildman–Crippen LogP) is 3.88. The third-order valence-corrected chi connectivity index (χ3v) is 4.74. The van der Waals surface area contributed by atoms with Crippen LogP contribution in [-0.4, -0.2) is 29.1 Å². The third kappa shape index (κ3) is 2.91. The Labute approximate surface area is 162 Å². The molecule has 5 rings (SSSR count). The molecule has 1 fully saturated rings. The normalized spacial score (nSPS) is 14.3. The van der Waals surface area contributed by atoms with Gasteiger partial charge in [0.15, 0.2) is 11.3 Å². The van der Waals surface area contributed by atoms with E-state index < -0.39 is 11.9 Å². The minimum Gasteiger partial charge on any atom is -0.326 e. The molecular formula is C19H12F3N7. The first kappa shape index (κ1) is 17.4. The molecule has 4 aromatic heterocycles. The van der Waals surface area contributed by atoms with Gasteiger partial charge < -0.3 is 4.57 Å². The monoisotopic (exact) mass is 395 g/mol. The molecule has 0 saturated heterocycles. The molecule has 1 saturated carbocycles. The second-order valence-electron chi connectivity index (χ2n) is 6.73. The minimum absolute atomic E-state index is 0.113. The van der Waals surface area contributed by atoms with Crippen molar-refractivity contribution in [3.63, 3.8) is 0 Å². The first-order chi connectivity index (χ1) is 14.0. The van der Waals surface area contributed by atoms with Crippen molar-refractivity contribution >= 4 is 5.65 Å². The molecule has 0 aromatic carbocycles. The minimum atomic E-state index is -4.55. The van der Waals surface area contributed by atoms with E-state index in [-0.39, 0.29) is 17.4 Å². The van der Waals surface area contributed by atoms with Crippen LogP contribution in [-0.2, 0) is 6.18 Å². The average Bonchev–Trinajstić information content (AvgIpc) is 3.33. The van der Waals surface area contributed by atoms with Crippen LogP contribution in [0.5, 0.6) is 0 Å². The van der Waals surface area contributed by atoms with E-state index in [0.29, 0.717) is 22.7 Å². The molecule has 0 bridgehead atoms. The summed E-state index contributed by atoms with van der Waals surface area (Å²) in [5.41, 5.74) is 1.26. The van der Waals surface area contributed by atoms with Crippen LogP contribution < -0.4 is 0 Å². The van der Waals surface area contributed by atoms with E-state index in [0.717, 1.165) is 18.9 Å². The number of nitriles is 1. The van der Waals surface area contributed by atoms with Crippen LogP contribution in [0.2, 0.25) is 0 Å². The van der Waals surface area contributed by atoms with E-state index >= 15 is 0 Å². The lowest BCUT2D eigenvalue weighted by atomic mass is 10.1. The highest BCUT2D eigenvalue weighted by molar-refractivity contribution is 5.75. The van der Waals surface area contributed by atoms with Crippen LogP contribution in [0.15, 0.2) is 42.9 Å². The fourth-order valence-electron chi connectivity index (χ4n) is 3.23. The van der Waals surface area contributed by atoms with Crippen molar-refractivity contribution in [1.29, 1.82) is 5.26 Å². The Balaban J connectivity index is 1.72. The van der Waals surface area contributed by atoms with Gasteiger partial charge in [-0.3, -0.25) is 0 Å². The largest absolute Gasteiger partial charge is 0.433 e. The van der Waals surface area contributed by atoms with E-state index in [9.17, 15) is 18.4 Å². The number of alkyl halides is 3. The number of aromatic nitrogens is 6. The summed E-state index contributed by atoms with van der Waals surface area (Å²) >= 11 is 0. The zero-order valence-corrected chi connectivity index (χ0v) is 14.8. The smallest absolute Gasteiger partial charge is 0.326 e. The van der Waals surface area contributed by atoms with Gasteiger partial charge >= 0.3 is 6.18 Å². The molecule has 0 aliphatic heterocycles. The van der Waals surface area contributed by atoms with Gasteiger partial charge in [-0.05, 0) is 37.1 Å².